The Balaban J connectivity index is 1.60. The molecule has 132 valence electrons. The van der Waals surface area contributed by atoms with Crippen LogP contribution in [0.1, 0.15) is 37.5 Å². The molecule has 0 bridgehead atoms. The van der Waals surface area contributed by atoms with Crippen molar-refractivity contribution in [2.45, 2.75) is 44.9 Å². The summed E-state index contributed by atoms with van der Waals surface area (Å²) in [5, 5.41) is 10.9. The molecule has 0 aliphatic carbocycles. The zero-order chi connectivity index (χ0) is 17.5. The fourth-order valence-electron chi connectivity index (χ4n) is 3.21. The Morgan fingerprint density at radius 3 is 2.88 bits per heavy atom. The van der Waals surface area contributed by atoms with Gasteiger partial charge in [-0.25, -0.2) is 0 Å². The topological polar surface area (TPSA) is 80.1 Å². The maximum Gasteiger partial charge on any atom is 0.406 e. The van der Waals surface area contributed by atoms with Gasteiger partial charge in [0.2, 0.25) is 11.8 Å². The van der Waals surface area contributed by atoms with E-state index in [1.54, 1.807) is 6.92 Å². The molecule has 2 aliphatic heterocycles. The first-order chi connectivity index (χ1) is 11.2. The van der Waals surface area contributed by atoms with Crippen molar-refractivity contribution in [2.75, 3.05) is 13.1 Å². The van der Waals surface area contributed by atoms with Crippen molar-refractivity contribution in [3.05, 3.63) is 11.6 Å². The smallest absolute Gasteiger partial charge is 0.346 e. The molecule has 1 aromatic heterocycles. The molecule has 1 saturated heterocycles. The van der Waals surface area contributed by atoms with Gasteiger partial charge in [0.1, 0.15) is 12.4 Å². The summed E-state index contributed by atoms with van der Waals surface area (Å²) in [5.41, 5.74) is 0. The van der Waals surface area contributed by atoms with Crippen molar-refractivity contribution in [1.82, 2.24) is 25.0 Å². The standard InChI is InChI=1S/C14H18F3N5O2/c1-8(12-20-19-10-3-2-4-22(10)12)18-13(24)9-5-11(23)21(6-9)7-14(15,16)17/h8-9H,2-7H2,1H3,(H,18,24)/t8-,9-/m1/s1. The maximum atomic E-state index is 12.4. The second-order valence-electron chi connectivity index (χ2n) is 6.25. The lowest BCUT2D eigenvalue weighted by atomic mass is 10.1. The number of hydrogen-bond donors (Lipinski definition) is 1. The van der Waals surface area contributed by atoms with Crippen LogP contribution >= 0.6 is 0 Å². The Hall–Kier alpha value is -2.13. The number of carbonyl (C=O) groups excluding carboxylic acids is 2. The molecule has 7 nitrogen and oxygen atoms in total. The number of carbonyl (C=O) groups is 2. The van der Waals surface area contributed by atoms with Gasteiger partial charge in [-0.3, -0.25) is 9.59 Å². The summed E-state index contributed by atoms with van der Waals surface area (Å²) in [6.45, 7) is 1.01. The third-order valence-electron chi connectivity index (χ3n) is 4.34. The molecular formula is C14H18F3N5O2. The van der Waals surface area contributed by atoms with Crippen LogP contribution in [0.5, 0.6) is 0 Å². The van der Waals surface area contributed by atoms with E-state index in [1.165, 1.54) is 0 Å². The van der Waals surface area contributed by atoms with Crippen LogP contribution in [0, 0.1) is 5.92 Å². The minimum Gasteiger partial charge on any atom is -0.346 e. The third kappa shape index (κ3) is 3.36. The van der Waals surface area contributed by atoms with Crippen molar-refractivity contribution in [2.24, 2.45) is 5.92 Å². The van der Waals surface area contributed by atoms with E-state index in [1.807, 2.05) is 4.57 Å². The van der Waals surface area contributed by atoms with Crippen molar-refractivity contribution in [3.63, 3.8) is 0 Å². The third-order valence-corrected chi connectivity index (χ3v) is 4.34. The number of likely N-dealkylation sites (tertiary alicyclic amines) is 1. The van der Waals surface area contributed by atoms with Crippen LogP contribution in [0.3, 0.4) is 0 Å². The van der Waals surface area contributed by atoms with E-state index >= 15 is 0 Å². The molecule has 0 aromatic carbocycles. The van der Waals surface area contributed by atoms with Gasteiger partial charge < -0.3 is 14.8 Å². The number of nitrogens with one attached hydrogen (secondary N) is 1. The molecule has 0 unspecified atom stereocenters. The van der Waals surface area contributed by atoms with Gasteiger partial charge in [0, 0.05) is 25.9 Å². The van der Waals surface area contributed by atoms with Crippen LogP contribution in [0.2, 0.25) is 0 Å². The molecule has 3 heterocycles. The highest BCUT2D eigenvalue weighted by atomic mass is 19.4. The fraction of sp³-hybridized carbons (Fsp3) is 0.714. The minimum atomic E-state index is -4.46. The first-order valence-electron chi connectivity index (χ1n) is 7.81. The van der Waals surface area contributed by atoms with Gasteiger partial charge in [-0.2, -0.15) is 13.2 Å². The van der Waals surface area contributed by atoms with Crippen LogP contribution in [-0.2, 0) is 22.6 Å². The van der Waals surface area contributed by atoms with Gasteiger partial charge in [0.25, 0.3) is 0 Å². The van der Waals surface area contributed by atoms with E-state index in [0.29, 0.717) is 10.7 Å². The van der Waals surface area contributed by atoms with Crippen molar-refractivity contribution >= 4 is 11.8 Å². The Morgan fingerprint density at radius 2 is 2.17 bits per heavy atom. The zero-order valence-electron chi connectivity index (χ0n) is 13.1. The number of halogens is 3. The SMILES string of the molecule is C[C@@H](NC(=O)[C@@H]1CC(=O)N(CC(F)(F)F)C1)c1nnc2n1CCC2. The molecule has 1 N–H and O–H groups in total. The molecule has 24 heavy (non-hydrogen) atoms. The molecule has 2 amide bonds. The van der Waals surface area contributed by atoms with E-state index in [0.717, 1.165) is 25.2 Å². The quantitative estimate of drug-likeness (QED) is 0.876. The number of rotatable bonds is 4. The first-order valence-corrected chi connectivity index (χ1v) is 7.81. The van der Waals surface area contributed by atoms with E-state index in [-0.39, 0.29) is 13.0 Å². The van der Waals surface area contributed by atoms with E-state index < -0.39 is 36.5 Å². The molecule has 10 heteroatoms. The number of aromatic nitrogens is 3. The summed E-state index contributed by atoms with van der Waals surface area (Å²) in [6, 6.07) is -0.413. The molecule has 1 fully saturated rings. The predicted molar refractivity (Wildman–Crippen MR) is 75.6 cm³/mol. The lowest BCUT2D eigenvalue weighted by molar-refractivity contribution is -0.157. The highest BCUT2D eigenvalue weighted by Gasteiger charge is 2.41. The Morgan fingerprint density at radius 1 is 1.42 bits per heavy atom. The van der Waals surface area contributed by atoms with E-state index in [2.05, 4.69) is 15.5 Å². The van der Waals surface area contributed by atoms with Crippen molar-refractivity contribution in [3.8, 4) is 0 Å². The number of hydrogen-bond acceptors (Lipinski definition) is 4. The first kappa shape index (κ1) is 16.7. The van der Waals surface area contributed by atoms with Crippen molar-refractivity contribution < 1.29 is 22.8 Å². The monoisotopic (exact) mass is 345 g/mol. The molecule has 3 rings (SSSR count). The Kier molecular flexibility index (Phi) is 4.22. The van der Waals surface area contributed by atoms with E-state index in [4.69, 9.17) is 0 Å². The number of nitrogens with zero attached hydrogens (tertiary/aromatic N) is 4. The van der Waals surface area contributed by atoms with Crippen LogP contribution in [0.25, 0.3) is 0 Å². The van der Waals surface area contributed by atoms with Crippen LogP contribution in [0.4, 0.5) is 13.2 Å². The van der Waals surface area contributed by atoms with Gasteiger partial charge in [-0.05, 0) is 13.3 Å². The molecule has 0 radical (unpaired) electrons. The van der Waals surface area contributed by atoms with Gasteiger partial charge in [0.15, 0.2) is 5.82 Å². The van der Waals surface area contributed by atoms with Gasteiger partial charge in [-0.15, -0.1) is 10.2 Å². The summed E-state index contributed by atoms with van der Waals surface area (Å²) in [6.07, 6.45) is -2.85. The maximum absolute atomic E-state index is 12.4. The fourth-order valence-corrected chi connectivity index (χ4v) is 3.21. The number of aryl methyl sites for hydroxylation is 1. The Bertz CT molecular complexity index is 657. The number of alkyl halides is 3. The van der Waals surface area contributed by atoms with E-state index in [9.17, 15) is 22.8 Å². The molecule has 0 saturated carbocycles. The highest BCUT2D eigenvalue weighted by molar-refractivity contribution is 5.89. The summed E-state index contributed by atoms with van der Waals surface area (Å²) < 4.78 is 39.2. The molecule has 2 atom stereocenters. The lowest BCUT2D eigenvalue weighted by Crippen LogP contribution is -2.38. The van der Waals surface area contributed by atoms with Crippen LogP contribution in [0.15, 0.2) is 0 Å². The molecule has 1 aromatic rings. The lowest BCUT2D eigenvalue weighted by Gasteiger charge is -2.19. The Labute approximate surface area is 136 Å². The summed E-state index contributed by atoms with van der Waals surface area (Å²) in [4.78, 5) is 24.6. The minimum absolute atomic E-state index is 0.202. The van der Waals surface area contributed by atoms with Crippen LogP contribution in [-0.4, -0.2) is 50.7 Å². The largest absolute Gasteiger partial charge is 0.406 e. The second kappa shape index (κ2) is 6.06. The summed E-state index contributed by atoms with van der Waals surface area (Å²) in [5.74, 6) is -0.353. The average molecular weight is 345 g/mol. The van der Waals surface area contributed by atoms with Crippen LogP contribution < -0.4 is 5.32 Å². The number of amides is 2. The van der Waals surface area contributed by atoms with Gasteiger partial charge >= 0.3 is 6.18 Å². The summed E-state index contributed by atoms with van der Waals surface area (Å²) >= 11 is 0. The highest BCUT2D eigenvalue weighted by Crippen LogP contribution is 2.25. The average Bonchev–Trinajstić information content (AvgIpc) is 3.13. The van der Waals surface area contributed by atoms with Gasteiger partial charge in [0.05, 0.1) is 12.0 Å². The van der Waals surface area contributed by atoms with Crippen molar-refractivity contribution in [1.29, 1.82) is 0 Å². The second-order valence-corrected chi connectivity index (χ2v) is 6.25. The zero-order valence-corrected chi connectivity index (χ0v) is 13.1. The normalized spacial score (nSPS) is 21.9. The predicted octanol–water partition coefficient (Wildman–Crippen LogP) is 0.812. The molecule has 0 spiro atoms. The molecular weight excluding hydrogens is 327 g/mol. The van der Waals surface area contributed by atoms with Gasteiger partial charge in [-0.1, -0.05) is 0 Å². The molecule has 2 aliphatic rings. The number of fused-ring (bicyclic) bond motifs is 1. The summed E-state index contributed by atoms with van der Waals surface area (Å²) in [7, 11) is 0.